The monoisotopic (exact) mass is 483 g/mol. The summed E-state index contributed by atoms with van der Waals surface area (Å²) in [6, 6.07) is 13.1. The number of halogens is 1. The van der Waals surface area contributed by atoms with E-state index in [1.807, 2.05) is 36.6 Å². The fourth-order valence-corrected chi connectivity index (χ4v) is 4.12. The molecule has 2 heterocycles. The highest BCUT2D eigenvalue weighted by Gasteiger charge is 2.22. The van der Waals surface area contributed by atoms with Crippen molar-refractivity contribution in [2.75, 3.05) is 11.9 Å². The highest BCUT2D eigenvalue weighted by atomic mass is 35.5. The predicted octanol–water partition coefficient (Wildman–Crippen LogP) is 5.52. The quantitative estimate of drug-likeness (QED) is 0.273. The summed E-state index contributed by atoms with van der Waals surface area (Å²) in [4.78, 5) is 28.2. The third-order valence-electron chi connectivity index (χ3n) is 4.61. The summed E-state index contributed by atoms with van der Waals surface area (Å²) >= 11 is 7.30. The highest BCUT2D eigenvalue weighted by Crippen LogP contribution is 2.29. The van der Waals surface area contributed by atoms with Crippen LogP contribution in [0.25, 0.3) is 16.4 Å². The van der Waals surface area contributed by atoms with Crippen LogP contribution in [-0.2, 0) is 0 Å². The van der Waals surface area contributed by atoms with Gasteiger partial charge in [0.2, 0.25) is 5.13 Å². The lowest BCUT2D eigenvalue weighted by Gasteiger charge is -2.07. The number of nitrogens with one attached hydrogen (secondary N) is 1. The molecule has 0 unspecified atom stereocenters. The number of carbonyl (C=O) groups is 1. The number of anilines is 1. The standard InChI is InChI=1S/C22H18ClN5O4S/c1-3-32-16-7-4-14(5-8-16)18-12-33-22(24-18)27-20(10-13(2)26-27)25-21(29)17-11-15(23)6-9-19(17)28(30)31/h4-12H,3H2,1-2H3,(H,25,29). The number of carbonyl (C=O) groups excluding carboxylic acids is 1. The number of rotatable bonds is 7. The average molecular weight is 484 g/mol. The zero-order valence-electron chi connectivity index (χ0n) is 17.6. The zero-order valence-corrected chi connectivity index (χ0v) is 19.2. The molecule has 0 aliphatic carbocycles. The van der Waals surface area contributed by atoms with Crippen LogP contribution in [0.2, 0.25) is 5.02 Å². The van der Waals surface area contributed by atoms with E-state index in [9.17, 15) is 14.9 Å². The second-order valence-electron chi connectivity index (χ2n) is 6.93. The van der Waals surface area contributed by atoms with Gasteiger partial charge in [0.1, 0.15) is 17.1 Å². The number of hydrogen-bond donors (Lipinski definition) is 1. The Bertz CT molecular complexity index is 1330. The van der Waals surface area contributed by atoms with Gasteiger partial charge in [-0.15, -0.1) is 11.3 Å². The van der Waals surface area contributed by atoms with E-state index in [0.717, 1.165) is 17.0 Å². The molecule has 11 heteroatoms. The zero-order chi connectivity index (χ0) is 23.5. The molecule has 1 N–H and O–H groups in total. The summed E-state index contributed by atoms with van der Waals surface area (Å²) in [5.41, 5.74) is 1.81. The molecular formula is C22H18ClN5O4S. The molecule has 9 nitrogen and oxygen atoms in total. The van der Waals surface area contributed by atoms with Gasteiger partial charge in [0.15, 0.2) is 0 Å². The Morgan fingerprint density at radius 1 is 1.24 bits per heavy atom. The Hall–Kier alpha value is -3.76. The number of ether oxygens (including phenoxy) is 1. The van der Waals surface area contributed by atoms with E-state index in [0.29, 0.717) is 23.3 Å². The Morgan fingerprint density at radius 2 is 2.00 bits per heavy atom. The van der Waals surface area contributed by atoms with E-state index in [1.165, 1.54) is 34.2 Å². The summed E-state index contributed by atoms with van der Waals surface area (Å²) in [6.07, 6.45) is 0. The van der Waals surface area contributed by atoms with Gasteiger partial charge >= 0.3 is 0 Å². The summed E-state index contributed by atoms with van der Waals surface area (Å²) < 4.78 is 6.96. The minimum atomic E-state index is -0.673. The molecule has 0 radical (unpaired) electrons. The number of hydrogen-bond acceptors (Lipinski definition) is 7. The van der Waals surface area contributed by atoms with Crippen molar-refractivity contribution in [2.45, 2.75) is 13.8 Å². The van der Waals surface area contributed by atoms with Crippen LogP contribution < -0.4 is 10.1 Å². The number of amides is 1. The second kappa shape index (κ2) is 9.39. The van der Waals surface area contributed by atoms with Gasteiger partial charge in [0.25, 0.3) is 11.6 Å². The van der Waals surface area contributed by atoms with Gasteiger partial charge in [-0.2, -0.15) is 9.78 Å². The van der Waals surface area contributed by atoms with Gasteiger partial charge < -0.3 is 10.1 Å². The van der Waals surface area contributed by atoms with Crippen LogP contribution in [0.15, 0.2) is 53.9 Å². The first-order valence-electron chi connectivity index (χ1n) is 9.87. The van der Waals surface area contributed by atoms with Gasteiger partial charge in [-0.25, -0.2) is 4.98 Å². The van der Waals surface area contributed by atoms with Crippen LogP contribution in [0.1, 0.15) is 23.0 Å². The van der Waals surface area contributed by atoms with E-state index in [-0.39, 0.29) is 16.3 Å². The minimum Gasteiger partial charge on any atom is -0.494 e. The molecule has 0 bridgehead atoms. The molecule has 4 rings (SSSR count). The van der Waals surface area contributed by atoms with Crippen LogP contribution >= 0.6 is 22.9 Å². The van der Waals surface area contributed by atoms with Crippen molar-refractivity contribution in [2.24, 2.45) is 0 Å². The molecule has 1 amide bonds. The maximum atomic E-state index is 12.9. The fourth-order valence-electron chi connectivity index (χ4n) is 3.15. The maximum absolute atomic E-state index is 12.9. The van der Waals surface area contributed by atoms with Gasteiger partial charge in [-0.1, -0.05) is 11.6 Å². The summed E-state index contributed by atoms with van der Waals surface area (Å²) in [6.45, 7) is 4.29. The lowest BCUT2D eigenvalue weighted by Crippen LogP contribution is -2.16. The number of benzene rings is 2. The van der Waals surface area contributed by atoms with Crippen molar-refractivity contribution in [3.63, 3.8) is 0 Å². The Balaban J connectivity index is 1.62. The lowest BCUT2D eigenvalue weighted by molar-refractivity contribution is -0.385. The molecule has 168 valence electrons. The molecule has 2 aromatic carbocycles. The molecule has 0 fully saturated rings. The van der Waals surface area contributed by atoms with Crippen molar-refractivity contribution in [1.29, 1.82) is 0 Å². The van der Waals surface area contributed by atoms with E-state index < -0.39 is 10.8 Å². The largest absolute Gasteiger partial charge is 0.494 e. The van der Waals surface area contributed by atoms with E-state index >= 15 is 0 Å². The fraction of sp³-hybridized carbons (Fsp3) is 0.136. The van der Waals surface area contributed by atoms with Crippen LogP contribution in [0.3, 0.4) is 0 Å². The first-order valence-corrected chi connectivity index (χ1v) is 11.1. The first-order chi connectivity index (χ1) is 15.9. The van der Waals surface area contributed by atoms with Gasteiger partial charge in [-0.3, -0.25) is 14.9 Å². The third-order valence-corrected chi connectivity index (χ3v) is 5.66. The molecule has 0 spiro atoms. The van der Waals surface area contributed by atoms with Crippen LogP contribution in [0.5, 0.6) is 5.75 Å². The van der Waals surface area contributed by atoms with E-state index in [2.05, 4.69) is 15.4 Å². The first kappa shape index (κ1) is 22.4. The van der Waals surface area contributed by atoms with Crippen molar-refractivity contribution in [1.82, 2.24) is 14.8 Å². The number of thiazole rings is 1. The van der Waals surface area contributed by atoms with Crippen molar-refractivity contribution < 1.29 is 14.5 Å². The molecule has 2 aromatic heterocycles. The molecule has 0 aliphatic rings. The third kappa shape index (κ3) is 4.86. The molecule has 4 aromatic rings. The highest BCUT2D eigenvalue weighted by molar-refractivity contribution is 7.12. The van der Waals surface area contributed by atoms with Crippen LogP contribution in [0.4, 0.5) is 11.5 Å². The molecule has 0 aliphatic heterocycles. The normalized spacial score (nSPS) is 10.8. The maximum Gasteiger partial charge on any atom is 0.282 e. The molecule has 0 atom stereocenters. The molecule has 0 saturated carbocycles. The molecular weight excluding hydrogens is 466 g/mol. The smallest absolute Gasteiger partial charge is 0.282 e. The number of nitro groups is 1. The van der Waals surface area contributed by atoms with E-state index in [1.54, 1.807) is 13.0 Å². The SMILES string of the molecule is CCOc1ccc(-c2csc(-n3nc(C)cc3NC(=O)c3cc(Cl)ccc3[N+](=O)[O-])n2)cc1. The number of aromatic nitrogens is 3. The number of nitro benzene ring substituents is 1. The van der Waals surface area contributed by atoms with E-state index in [4.69, 9.17) is 16.3 Å². The summed E-state index contributed by atoms with van der Waals surface area (Å²) in [5.74, 6) is 0.438. The average Bonchev–Trinajstić information content (AvgIpc) is 3.41. The minimum absolute atomic E-state index is 0.146. The second-order valence-corrected chi connectivity index (χ2v) is 8.20. The summed E-state index contributed by atoms with van der Waals surface area (Å²) in [5, 5.41) is 21.1. The lowest BCUT2D eigenvalue weighted by atomic mass is 10.1. The topological polar surface area (TPSA) is 112 Å². The Morgan fingerprint density at radius 3 is 2.70 bits per heavy atom. The van der Waals surface area contributed by atoms with Crippen molar-refractivity contribution in [3.8, 4) is 22.1 Å². The van der Waals surface area contributed by atoms with Crippen LogP contribution in [-0.4, -0.2) is 32.2 Å². The number of nitrogens with zero attached hydrogens (tertiary/aromatic N) is 4. The van der Waals surface area contributed by atoms with Gasteiger partial charge in [0.05, 0.1) is 22.9 Å². The van der Waals surface area contributed by atoms with Crippen molar-refractivity contribution >= 4 is 40.4 Å². The van der Waals surface area contributed by atoms with Crippen molar-refractivity contribution in [3.05, 3.63) is 80.3 Å². The Kier molecular flexibility index (Phi) is 6.38. The predicted molar refractivity (Wildman–Crippen MR) is 127 cm³/mol. The molecule has 0 saturated heterocycles. The summed E-state index contributed by atoms with van der Waals surface area (Å²) in [7, 11) is 0. The van der Waals surface area contributed by atoms with Gasteiger partial charge in [0, 0.05) is 28.1 Å². The number of aryl methyl sites for hydroxylation is 1. The van der Waals surface area contributed by atoms with Gasteiger partial charge in [-0.05, 0) is 50.2 Å². The Labute approximate surface area is 197 Å². The molecule has 33 heavy (non-hydrogen) atoms. The van der Waals surface area contributed by atoms with Crippen LogP contribution in [0, 0.1) is 17.0 Å².